The van der Waals surface area contributed by atoms with Crippen molar-refractivity contribution in [2.45, 2.75) is 32.3 Å². The number of aliphatic hydroxyl groups is 1. The first kappa shape index (κ1) is 16.3. The number of amides is 1. The van der Waals surface area contributed by atoms with E-state index < -0.39 is 11.5 Å². The first-order chi connectivity index (χ1) is 12.0. The summed E-state index contributed by atoms with van der Waals surface area (Å²) in [5.74, 6) is 0.355. The third-order valence-corrected chi connectivity index (χ3v) is 5.61. The van der Waals surface area contributed by atoms with E-state index in [4.69, 9.17) is 0 Å². The number of aromatic nitrogens is 1. The first-order valence-electron chi connectivity index (χ1n) is 8.78. The monoisotopic (exact) mass is 343 g/mol. The summed E-state index contributed by atoms with van der Waals surface area (Å²) in [6.07, 6.45) is 1.43. The van der Waals surface area contributed by atoms with Crippen molar-refractivity contribution >= 4 is 22.6 Å². The molecule has 3 heterocycles. The molecule has 2 atom stereocenters. The van der Waals surface area contributed by atoms with E-state index in [9.17, 15) is 14.3 Å². The molecule has 25 heavy (non-hydrogen) atoms. The highest BCUT2D eigenvalue weighted by atomic mass is 19.1. The topological polar surface area (TPSA) is 65.5 Å². The van der Waals surface area contributed by atoms with Crippen molar-refractivity contribution in [1.29, 1.82) is 0 Å². The molecule has 4 rings (SSSR count). The molecule has 1 spiro atoms. The summed E-state index contributed by atoms with van der Waals surface area (Å²) in [4.78, 5) is 19.2. The molecule has 1 aromatic carbocycles. The zero-order valence-corrected chi connectivity index (χ0v) is 14.3. The van der Waals surface area contributed by atoms with Crippen LogP contribution < -0.4 is 10.2 Å². The molecule has 2 aliphatic rings. The molecule has 2 saturated heterocycles. The van der Waals surface area contributed by atoms with Gasteiger partial charge in [0.15, 0.2) is 0 Å². The molecule has 1 amide bonds. The number of hydrogen-bond donors (Lipinski definition) is 2. The highest BCUT2D eigenvalue weighted by Crippen LogP contribution is 2.39. The highest BCUT2D eigenvalue weighted by molar-refractivity contribution is 5.86. The van der Waals surface area contributed by atoms with E-state index in [-0.39, 0.29) is 11.7 Å². The van der Waals surface area contributed by atoms with Crippen LogP contribution in [0.2, 0.25) is 0 Å². The molecule has 5 nitrogen and oxygen atoms in total. The number of nitrogens with zero attached hydrogens (tertiary/aromatic N) is 2. The molecule has 0 saturated carbocycles. The highest BCUT2D eigenvalue weighted by Gasteiger charge is 2.50. The lowest BCUT2D eigenvalue weighted by Gasteiger charge is -2.47. The summed E-state index contributed by atoms with van der Waals surface area (Å²) in [6, 6.07) is 6.60. The maximum Gasteiger partial charge on any atom is 0.230 e. The molecule has 0 bridgehead atoms. The van der Waals surface area contributed by atoms with Gasteiger partial charge in [-0.3, -0.25) is 4.79 Å². The molecule has 0 aliphatic carbocycles. The van der Waals surface area contributed by atoms with Gasteiger partial charge >= 0.3 is 0 Å². The van der Waals surface area contributed by atoms with Crippen molar-refractivity contribution in [2.75, 3.05) is 24.5 Å². The van der Waals surface area contributed by atoms with Gasteiger partial charge in [0.2, 0.25) is 5.91 Å². The fraction of sp³-hybridized carbons (Fsp3) is 0.474. The van der Waals surface area contributed by atoms with Crippen LogP contribution in [0.1, 0.15) is 24.8 Å². The van der Waals surface area contributed by atoms with Gasteiger partial charge in [-0.25, -0.2) is 9.37 Å². The fourth-order valence-electron chi connectivity index (χ4n) is 4.16. The first-order valence-corrected chi connectivity index (χ1v) is 8.78. The van der Waals surface area contributed by atoms with Crippen LogP contribution in [0, 0.1) is 18.2 Å². The fourth-order valence-corrected chi connectivity index (χ4v) is 4.16. The molecule has 0 unspecified atom stereocenters. The number of fused-ring (bicyclic) bond motifs is 1. The summed E-state index contributed by atoms with van der Waals surface area (Å²) in [7, 11) is 0. The molecule has 132 valence electrons. The predicted octanol–water partition coefficient (Wildman–Crippen LogP) is 2.15. The zero-order chi connectivity index (χ0) is 17.6. The molecule has 2 aromatic rings. The summed E-state index contributed by atoms with van der Waals surface area (Å²) < 4.78 is 13.6. The van der Waals surface area contributed by atoms with E-state index in [1.54, 1.807) is 6.07 Å². The SMILES string of the molecule is Cc1cc(N2CC[C@@H](O)[C@@]3(CCCNC3=O)C2)nc2cc(F)ccc12. The second-order valence-corrected chi connectivity index (χ2v) is 7.20. The Morgan fingerprint density at radius 3 is 3.04 bits per heavy atom. The van der Waals surface area contributed by atoms with Gasteiger partial charge in [-0.2, -0.15) is 0 Å². The molecule has 2 N–H and O–H groups in total. The molecule has 2 fully saturated rings. The second kappa shape index (κ2) is 5.95. The quantitative estimate of drug-likeness (QED) is 0.833. The van der Waals surface area contributed by atoms with Crippen LogP contribution in [0.3, 0.4) is 0 Å². The van der Waals surface area contributed by atoms with Crippen LogP contribution in [-0.4, -0.2) is 41.7 Å². The lowest BCUT2D eigenvalue weighted by Crippen LogP contribution is -2.61. The van der Waals surface area contributed by atoms with Crippen molar-refractivity contribution in [3.8, 4) is 0 Å². The summed E-state index contributed by atoms with van der Waals surface area (Å²) in [5.41, 5.74) is 0.861. The summed E-state index contributed by atoms with van der Waals surface area (Å²) in [6.45, 7) is 3.71. The lowest BCUT2D eigenvalue weighted by molar-refractivity contribution is -0.142. The standard InChI is InChI=1S/C19H22FN3O2/c1-12-9-17(22-15-10-13(20)3-4-14(12)15)23-8-5-16(24)19(11-23)6-2-7-21-18(19)25/h3-4,9-10,16,24H,2,5-8,11H2,1H3,(H,21,25)/t16-,19-/m1/s1. The Bertz CT molecular complexity index is 841. The molecule has 6 heteroatoms. The number of halogens is 1. The minimum absolute atomic E-state index is 0.0699. The number of carbonyl (C=O) groups is 1. The third kappa shape index (κ3) is 2.65. The number of rotatable bonds is 1. The average Bonchev–Trinajstić information content (AvgIpc) is 2.59. The van der Waals surface area contributed by atoms with Gasteiger partial charge in [0.05, 0.1) is 17.0 Å². The minimum atomic E-state index is -0.775. The van der Waals surface area contributed by atoms with Crippen LogP contribution >= 0.6 is 0 Å². The van der Waals surface area contributed by atoms with Gasteiger partial charge in [-0.05, 0) is 49.9 Å². The Balaban J connectivity index is 1.72. The summed E-state index contributed by atoms with van der Waals surface area (Å²) >= 11 is 0. The molecule has 2 aliphatic heterocycles. The van der Waals surface area contributed by atoms with Gasteiger partial charge in [-0.1, -0.05) is 0 Å². The third-order valence-electron chi connectivity index (χ3n) is 5.61. The number of aryl methyl sites for hydroxylation is 1. The Hall–Kier alpha value is -2.21. The van der Waals surface area contributed by atoms with Gasteiger partial charge < -0.3 is 15.3 Å². The van der Waals surface area contributed by atoms with E-state index >= 15 is 0 Å². The number of nitrogens with one attached hydrogen (secondary N) is 1. The molecular formula is C19H22FN3O2. The minimum Gasteiger partial charge on any atom is -0.392 e. The van der Waals surface area contributed by atoms with Gasteiger partial charge in [0.25, 0.3) is 0 Å². The summed E-state index contributed by atoms with van der Waals surface area (Å²) in [5, 5.41) is 14.3. The van der Waals surface area contributed by atoms with E-state index in [0.717, 1.165) is 23.2 Å². The smallest absolute Gasteiger partial charge is 0.230 e. The van der Waals surface area contributed by atoms with Crippen LogP contribution in [0.4, 0.5) is 10.2 Å². The van der Waals surface area contributed by atoms with Gasteiger partial charge in [-0.15, -0.1) is 0 Å². The number of piperidine rings is 2. The second-order valence-electron chi connectivity index (χ2n) is 7.20. The largest absolute Gasteiger partial charge is 0.392 e. The van der Waals surface area contributed by atoms with Crippen LogP contribution in [0.15, 0.2) is 24.3 Å². The molecular weight excluding hydrogens is 321 g/mol. The maximum absolute atomic E-state index is 13.6. The lowest BCUT2D eigenvalue weighted by atomic mass is 9.71. The Labute approximate surface area is 145 Å². The van der Waals surface area contributed by atoms with Crippen LogP contribution in [-0.2, 0) is 4.79 Å². The van der Waals surface area contributed by atoms with Gasteiger partial charge in [0.1, 0.15) is 11.6 Å². The molecule has 1 aromatic heterocycles. The number of hydrogen-bond acceptors (Lipinski definition) is 4. The predicted molar refractivity (Wildman–Crippen MR) is 94.0 cm³/mol. The van der Waals surface area contributed by atoms with Crippen LogP contribution in [0.25, 0.3) is 10.9 Å². The van der Waals surface area contributed by atoms with Crippen molar-refractivity contribution in [3.63, 3.8) is 0 Å². The Kier molecular flexibility index (Phi) is 3.87. The zero-order valence-electron chi connectivity index (χ0n) is 14.3. The van der Waals surface area contributed by atoms with Crippen molar-refractivity contribution in [1.82, 2.24) is 10.3 Å². The van der Waals surface area contributed by atoms with E-state index in [1.807, 2.05) is 13.0 Å². The number of benzene rings is 1. The normalized spacial score (nSPS) is 26.9. The van der Waals surface area contributed by atoms with Crippen molar-refractivity contribution in [3.05, 3.63) is 35.6 Å². The number of pyridine rings is 1. The van der Waals surface area contributed by atoms with E-state index in [0.29, 0.717) is 38.0 Å². The van der Waals surface area contributed by atoms with E-state index in [2.05, 4.69) is 15.2 Å². The Morgan fingerprint density at radius 1 is 1.40 bits per heavy atom. The van der Waals surface area contributed by atoms with Gasteiger partial charge in [0, 0.05) is 31.1 Å². The molecule has 0 radical (unpaired) electrons. The van der Waals surface area contributed by atoms with Crippen molar-refractivity contribution < 1.29 is 14.3 Å². The number of aliphatic hydroxyl groups excluding tert-OH is 1. The van der Waals surface area contributed by atoms with Crippen LogP contribution in [0.5, 0.6) is 0 Å². The number of anilines is 1. The van der Waals surface area contributed by atoms with Crippen molar-refractivity contribution in [2.24, 2.45) is 5.41 Å². The Morgan fingerprint density at radius 2 is 2.24 bits per heavy atom. The average molecular weight is 343 g/mol. The number of carbonyl (C=O) groups excluding carboxylic acids is 1. The van der Waals surface area contributed by atoms with E-state index in [1.165, 1.54) is 12.1 Å². The maximum atomic E-state index is 13.6.